The molecule has 1 saturated carbocycles. The van der Waals surface area contributed by atoms with Gasteiger partial charge in [-0.05, 0) is 39.5 Å². The Balaban J connectivity index is 1.67. The summed E-state index contributed by atoms with van der Waals surface area (Å²) in [5, 5.41) is 3.19. The number of piperidine rings is 1. The quantitative estimate of drug-likeness (QED) is 0.821. The first-order chi connectivity index (χ1) is 13.8. The Bertz CT molecular complexity index is 717. The van der Waals surface area contributed by atoms with E-state index in [1.807, 2.05) is 32.6 Å². The van der Waals surface area contributed by atoms with Gasteiger partial charge in [0.1, 0.15) is 5.82 Å². The predicted molar refractivity (Wildman–Crippen MR) is 114 cm³/mol. The van der Waals surface area contributed by atoms with Crippen LogP contribution in [0.5, 0.6) is 0 Å². The lowest BCUT2D eigenvalue weighted by molar-refractivity contribution is -0.135. The molecule has 3 rings (SSSR count). The molecule has 2 fully saturated rings. The zero-order chi connectivity index (χ0) is 21.0. The van der Waals surface area contributed by atoms with Crippen LogP contribution in [-0.2, 0) is 16.0 Å². The molecule has 1 N–H and O–H groups in total. The molecule has 1 aromatic heterocycles. The minimum Gasteiger partial charge on any atom is -0.353 e. The zero-order valence-corrected chi connectivity index (χ0v) is 18.5. The molecule has 6 nitrogen and oxygen atoms in total. The predicted octanol–water partition coefficient (Wildman–Crippen LogP) is 3.45. The molecule has 1 aliphatic heterocycles. The molecule has 29 heavy (non-hydrogen) atoms. The van der Waals surface area contributed by atoms with Crippen molar-refractivity contribution in [1.29, 1.82) is 0 Å². The van der Waals surface area contributed by atoms with Gasteiger partial charge in [0.2, 0.25) is 11.8 Å². The summed E-state index contributed by atoms with van der Waals surface area (Å²) in [5.41, 5.74) is 2.71. The molecule has 1 aromatic rings. The highest BCUT2D eigenvalue weighted by atomic mass is 16.2. The lowest BCUT2D eigenvalue weighted by Gasteiger charge is -2.33. The Kier molecular flexibility index (Phi) is 7.25. The van der Waals surface area contributed by atoms with Gasteiger partial charge >= 0.3 is 0 Å². The molecule has 160 valence electrons. The highest BCUT2D eigenvalue weighted by molar-refractivity contribution is 5.79. The summed E-state index contributed by atoms with van der Waals surface area (Å²) in [6.07, 6.45) is 8.20. The second-order valence-corrected chi connectivity index (χ2v) is 9.09. The van der Waals surface area contributed by atoms with Crippen LogP contribution in [0.4, 0.5) is 0 Å². The first-order valence-corrected chi connectivity index (χ1v) is 11.3. The Labute approximate surface area is 174 Å². The molecule has 2 aliphatic rings. The largest absolute Gasteiger partial charge is 0.353 e. The number of aryl methyl sites for hydroxylation is 2. The highest BCUT2D eigenvalue weighted by Gasteiger charge is 2.28. The van der Waals surface area contributed by atoms with Crippen LogP contribution < -0.4 is 5.32 Å². The first-order valence-electron chi connectivity index (χ1n) is 11.3. The fraction of sp³-hybridized carbons (Fsp3) is 0.739. The van der Waals surface area contributed by atoms with Crippen molar-refractivity contribution in [2.24, 2.45) is 5.92 Å². The summed E-state index contributed by atoms with van der Waals surface area (Å²) in [5.74, 6) is 1.29. The van der Waals surface area contributed by atoms with Crippen molar-refractivity contribution in [3.8, 4) is 0 Å². The number of likely N-dealkylation sites (tertiary alicyclic amines) is 1. The van der Waals surface area contributed by atoms with E-state index in [9.17, 15) is 9.59 Å². The molecule has 2 amide bonds. The number of rotatable bonds is 5. The summed E-state index contributed by atoms with van der Waals surface area (Å²) < 4.78 is 0. The average Bonchev–Trinajstić information content (AvgIpc) is 2.70. The average molecular weight is 401 g/mol. The van der Waals surface area contributed by atoms with Crippen molar-refractivity contribution >= 4 is 11.8 Å². The fourth-order valence-corrected chi connectivity index (χ4v) is 4.64. The van der Waals surface area contributed by atoms with E-state index in [1.165, 1.54) is 19.3 Å². The van der Waals surface area contributed by atoms with Gasteiger partial charge in [-0.25, -0.2) is 9.97 Å². The van der Waals surface area contributed by atoms with Crippen LogP contribution in [0.1, 0.15) is 87.5 Å². The third-order valence-electron chi connectivity index (χ3n) is 6.34. The fourth-order valence-electron chi connectivity index (χ4n) is 4.64. The lowest BCUT2D eigenvalue weighted by atomic mass is 9.94. The standard InChI is InChI=1S/C23H36N4O2/c1-15(2)23(29)27-12-8-9-18(14-27)22-24-16(3)20(17(4)25-22)13-21(28)26-19-10-6-5-7-11-19/h15,18-19H,5-14H2,1-4H3,(H,26,28). The second kappa shape index (κ2) is 9.68. The molecular weight excluding hydrogens is 364 g/mol. The lowest BCUT2D eigenvalue weighted by Crippen LogP contribution is -2.41. The van der Waals surface area contributed by atoms with E-state index in [4.69, 9.17) is 9.97 Å². The van der Waals surface area contributed by atoms with Crippen LogP contribution in [-0.4, -0.2) is 45.8 Å². The molecular formula is C23H36N4O2. The summed E-state index contributed by atoms with van der Waals surface area (Å²) in [4.78, 5) is 36.4. The van der Waals surface area contributed by atoms with Crippen molar-refractivity contribution < 1.29 is 9.59 Å². The van der Waals surface area contributed by atoms with Crippen molar-refractivity contribution in [3.05, 3.63) is 22.8 Å². The van der Waals surface area contributed by atoms with Crippen LogP contribution in [0.25, 0.3) is 0 Å². The van der Waals surface area contributed by atoms with E-state index in [2.05, 4.69) is 5.32 Å². The third kappa shape index (κ3) is 5.55. The molecule has 2 heterocycles. The van der Waals surface area contributed by atoms with Gasteiger partial charge in [0.05, 0.1) is 6.42 Å². The minimum atomic E-state index is 0.0168. The normalized spacial score (nSPS) is 20.7. The van der Waals surface area contributed by atoms with Gasteiger partial charge in [-0.3, -0.25) is 9.59 Å². The van der Waals surface area contributed by atoms with Crippen LogP contribution in [0.3, 0.4) is 0 Å². The molecule has 6 heteroatoms. The number of hydrogen-bond donors (Lipinski definition) is 1. The van der Waals surface area contributed by atoms with Crippen molar-refractivity contribution in [3.63, 3.8) is 0 Å². The van der Waals surface area contributed by atoms with Crippen molar-refractivity contribution in [2.45, 2.75) is 91.0 Å². The molecule has 1 saturated heterocycles. The minimum absolute atomic E-state index is 0.0168. The van der Waals surface area contributed by atoms with E-state index >= 15 is 0 Å². The number of hydrogen-bond acceptors (Lipinski definition) is 4. The van der Waals surface area contributed by atoms with E-state index in [-0.39, 0.29) is 23.7 Å². The Morgan fingerprint density at radius 3 is 2.31 bits per heavy atom. The van der Waals surface area contributed by atoms with Gasteiger partial charge in [-0.15, -0.1) is 0 Å². The third-order valence-corrected chi connectivity index (χ3v) is 6.34. The second-order valence-electron chi connectivity index (χ2n) is 9.09. The summed E-state index contributed by atoms with van der Waals surface area (Å²) in [6.45, 7) is 9.36. The van der Waals surface area contributed by atoms with E-state index in [0.29, 0.717) is 19.0 Å². The number of nitrogens with zero attached hydrogens (tertiary/aromatic N) is 3. The van der Waals surface area contributed by atoms with E-state index in [1.54, 1.807) is 0 Å². The van der Waals surface area contributed by atoms with Gasteiger partial charge in [0.25, 0.3) is 0 Å². The molecule has 0 aromatic carbocycles. The monoisotopic (exact) mass is 400 g/mol. The Morgan fingerprint density at radius 1 is 1.03 bits per heavy atom. The highest BCUT2D eigenvalue weighted by Crippen LogP contribution is 2.27. The van der Waals surface area contributed by atoms with Crippen LogP contribution in [0, 0.1) is 19.8 Å². The summed E-state index contributed by atoms with van der Waals surface area (Å²) >= 11 is 0. The maximum Gasteiger partial charge on any atom is 0.225 e. The van der Waals surface area contributed by atoms with E-state index in [0.717, 1.165) is 55.0 Å². The molecule has 1 atom stereocenters. The van der Waals surface area contributed by atoms with E-state index < -0.39 is 0 Å². The zero-order valence-electron chi connectivity index (χ0n) is 18.5. The maximum absolute atomic E-state index is 12.5. The molecule has 1 unspecified atom stereocenters. The summed E-state index contributed by atoms with van der Waals surface area (Å²) in [7, 11) is 0. The maximum atomic E-state index is 12.5. The molecule has 0 spiro atoms. The molecule has 0 bridgehead atoms. The number of carbonyl (C=O) groups is 2. The number of carbonyl (C=O) groups excluding carboxylic acids is 2. The smallest absolute Gasteiger partial charge is 0.225 e. The van der Waals surface area contributed by atoms with Gasteiger partial charge in [-0.2, -0.15) is 0 Å². The molecule has 0 radical (unpaired) electrons. The van der Waals surface area contributed by atoms with Crippen LogP contribution in [0.2, 0.25) is 0 Å². The van der Waals surface area contributed by atoms with Crippen LogP contribution >= 0.6 is 0 Å². The Morgan fingerprint density at radius 2 is 1.69 bits per heavy atom. The topological polar surface area (TPSA) is 75.2 Å². The molecule has 1 aliphatic carbocycles. The SMILES string of the molecule is Cc1nc(C2CCCN(C(=O)C(C)C)C2)nc(C)c1CC(=O)NC1CCCCC1. The van der Waals surface area contributed by atoms with Gasteiger partial charge < -0.3 is 10.2 Å². The number of amides is 2. The van der Waals surface area contributed by atoms with Crippen molar-refractivity contribution in [2.75, 3.05) is 13.1 Å². The first kappa shape index (κ1) is 21.7. The summed E-state index contributed by atoms with van der Waals surface area (Å²) in [6, 6.07) is 0.323. The van der Waals surface area contributed by atoms with Gasteiger partial charge in [0, 0.05) is 47.9 Å². The van der Waals surface area contributed by atoms with Gasteiger partial charge in [0.15, 0.2) is 0 Å². The van der Waals surface area contributed by atoms with Gasteiger partial charge in [-0.1, -0.05) is 33.1 Å². The number of nitrogens with one attached hydrogen (secondary N) is 1. The van der Waals surface area contributed by atoms with Crippen molar-refractivity contribution in [1.82, 2.24) is 20.2 Å². The van der Waals surface area contributed by atoms with Crippen LogP contribution in [0.15, 0.2) is 0 Å². The number of aromatic nitrogens is 2. The Hall–Kier alpha value is -1.98.